The van der Waals surface area contributed by atoms with Crippen LogP contribution in [0.2, 0.25) is 5.02 Å². The van der Waals surface area contributed by atoms with Crippen LogP contribution in [-0.2, 0) is 0 Å². The van der Waals surface area contributed by atoms with Crippen molar-refractivity contribution in [2.75, 3.05) is 6.61 Å². The Kier molecular flexibility index (Phi) is 4.97. The second-order valence-corrected chi connectivity index (χ2v) is 7.35. The van der Waals surface area contributed by atoms with Gasteiger partial charge in [0.1, 0.15) is 17.9 Å². The number of nitrogens with zero attached hydrogens (tertiary/aromatic N) is 4. The average Bonchev–Trinajstić information content (AvgIpc) is 3.13. The molecule has 0 amide bonds. The van der Waals surface area contributed by atoms with Gasteiger partial charge in [-0.05, 0) is 48.9 Å². The predicted octanol–water partition coefficient (Wildman–Crippen LogP) is 5.35. The molecule has 8 heteroatoms. The first kappa shape index (κ1) is 18.1. The highest BCUT2D eigenvalue weighted by Gasteiger charge is 2.28. The van der Waals surface area contributed by atoms with E-state index in [-0.39, 0.29) is 11.9 Å². The molecule has 1 aliphatic rings. The number of halogens is 3. The molecule has 27 heavy (non-hydrogen) atoms. The van der Waals surface area contributed by atoms with Gasteiger partial charge in [-0.15, -0.1) is 0 Å². The van der Waals surface area contributed by atoms with Crippen LogP contribution in [0.15, 0.2) is 52.2 Å². The number of hydrogen-bond acceptors (Lipinski definition) is 4. The fourth-order valence-electron chi connectivity index (χ4n) is 3.13. The van der Waals surface area contributed by atoms with Crippen LogP contribution in [0, 0.1) is 5.82 Å². The fraction of sp³-hybridized carbons (Fsp3) is 0.211. The lowest BCUT2D eigenvalue weighted by atomic mass is 9.95. The Morgan fingerprint density at radius 2 is 2.15 bits per heavy atom. The Morgan fingerprint density at radius 3 is 2.93 bits per heavy atom. The highest BCUT2D eigenvalue weighted by molar-refractivity contribution is 9.10. The second-order valence-electron chi connectivity index (χ2n) is 6.03. The summed E-state index contributed by atoms with van der Waals surface area (Å²) < 4.78 is 22.5. The molecular formula is C19H15BrClFN4O. The van der Waals surface area contributed by atoms with E-state index >= 15 is 0 Å². The SMILES string of the molecule is CCOc1ccc(C2=Nc3ncnn3C(c3cc(Br)ccc3F)C2)cc1Cl. The number of hydrogen-bond donors (Lipinski definition) is 0. The van der Waals surface area contributed by atoms with E-state index in [0.29, 0.717) is 35.3 Å². The van der Waals surface area contributed by atoms with Crippen LogP contribution in [0.4, 0.5) is 10.3 Å². The molecule has 0 spiro atoms. The molecule has 0 fully saturated rings. The molecule has 0 radical (unpaired) electrons. The van der Waals surface area contributed by atoms with Gasteiger partial charge in [0.2, 0.25) is 5.95 Å². The summed E-state index contributed by atoms with van der Waals surface area (Å²) in [5, 5.41) is 4.75. The molecular weight excluding hydrogens is 435 g/mol. The van der Waals surface area contributed by atoms with Gasteiger partial charge in [0, 0.05) is 16.5 Å². The van der Waals surface area contributed by atoms with Gasteiger partial charge in [-0.25, -0.2) is 14.1 Å². The predicted molar refractivity (Wildman–Crippen MR) is 106 cm³/mol. The van der Waals surface area contributed by atoms with Crippen LogP contribution >= 0.6 is 27.5 Å². The highest BCUT2D eigenvalue weighted by Crippen LogP contribution is 2.35. The van der Waals surface area contributed by atoms with Crippen molar-refractivity contribution in [3.8, 4) is 5.75 Å². The summed E-state index contributed by atoms with van der Waals surface area (Å²) in [6.07, 6.45) is 1.89. The molecule has 1 unspecified atom stereocenters. The van der Waals surface area contributed by atoms with E-state index in [4.69, 9.17) is 16.3 Å². The van der Waals surface area contributed by atoms with E-state index in [1.54, 1.807) is 16.8 Å². The quantitative estimate of drug-likeness (QED) is 0.540. The number of rotatable bonds is 4. The Morgan fingerprint density at radius 1 is 1.30 bits per heavy atom. The zero-order valence-corrected chi connectivity index (χ0v) is 16.7. The van der Waals surface area contributed by atoms with E-state index in [0.717, 1.165) is 15.7 Å². The van der Waals surface area contributed by atoms with Gasteiger partial charge in [0.15, 0.2) is 0 Å². The van der Waals surface area contributed by atoms with E-state index in [1.165, 1.54) is 12.4 Å². The Balaban J connectivity index is 1.76. The number of aliphatic imine (C=N–C) groups is 1. The maximum Gasteiger partial charge on any atom is 0.248 e. The number of benzene rings is 2. The third-order valence-electron chi connectivity index (χ3n) is 4.35. The summed E-state index contributed by atoms with van der Waals surface area (Å²) >= 11 is 9.74. The van der Waals surface area contributed by atoms with Gasteiger partial charge in [0.25, 0.3) is 0 Å². The third-order valence-corrected chi connectivity index (χ3v) is 5.14. The van der Waals surface area contributed by atoms with Crippen molar-refractivity contribution in [3.05, 3.63) is 69.2 Å². The molecule has 1 aliphatic heterocycles. The topological polar surface area (TPSA) is 52.3 Å². The normalized spacial score (nSPS) is 16.0. The van der Waals surface area contributed by atoms with Gasteiger partial charge in [-0.2, -0.15) is 10.1 Å². The summed E-state index contributed by atoms with van der Waals surface area (Å²) in [6.45, 7) is 2.44. The molecule has 138 valence electrons. The highest BCUT2D eigenvalue weighted by atomic mass is 79.9. The minimum atomic E-state index is -0.349. The molecule has 0 N–H and O–H groups in total. The maximum atomic E-state index is 14.5. The largest absolute Gasteiger partial charge is 0.492 e. The summed E-state index contributed by atoms with van der Waals surface area (Å²) in [5.41, 5.74) is 2.14. The Bertz CT molecular complexity index is 1040. The van der Waals surface area contributed by atoms with Crippen molar-refractivity contribution >= 4 is 39.2 Å². The van der Waals surface area contributed by atoms with E-state index in [9.17, 15) is 4.39 Å². The van der Waals surface area contributed by atoms with Gasteiger partial charge >= 0.3 is 0 Å². The molecule has 4 rings (SSSR count). The maximum absolute atomic E-state index is 14.5. The van der Waals surface area contributed by atoms with Gasteiger partial charge in [-0.3, -0.25) is 0 Å². The standard InChI is InChI=1S/C19H15BrClFN4O/c1-2-27-18-6-3-11(7-14(18)21)16-9-17(26-19(25-16)23-10-24-26)13-8-12(20)4-5-15(13)22/h3-8,10,17H,2,9H2,1H3. The lowest BCUT2D eigenvalue weighted by molar-refractivity contribution is 0.340. The van der Waals surface area contributed by atoms with Crippen LogP contribution in [0.25, 0.3) is 0 Å². The minimum Gasteiger partial charge on any atom is -0.492 e. The van der Waals surface area contributed by atoms with Crippen LogP contribution < -0.4 is 4.74 Å². The lowest BCUT2D eigenvalue weighted by Gasteiger charge is -2.24. The molecule has 0 bridgehead atoms. The summed E-state index contributed by atoms with van der Waals surface area (Å²) in [6, 6.07) is 10.1. The van der Waals surface area contributed by atoms with Crippen molar-refractivity contribution in [2.24, 2.45) is 4.99 Å². The zero-order chi connectivity index (χ0) is 19.0. The van der Waals surface area contributed by atoms with Crippen molar-refractivity contribution < 1.29 is 9.13 Å². The lowest BCUT2D eigenvalue weighted by Crippen LogP contribution is -2.22. The monoisotopic (exact) mass is 448 g/mol. The first-order valence-corrected chi connectivity index (χ1v) is 9.58. The van der Waals surface area contributed by atoms with Crippen molar-refractivity contribution in [1.29, 1.82) is 0 Å². The number of fused-ring (bicyclic) bond motifs is 1. The molecule has 1 atom stereocenters. The summed E-state index contributed by atoms with van der Waals surface area (Å²) in [5.74, 6) is 0.762. The van der Waals surface area contributed by atoms with Crippen LogP contribution in [0.3, 0.4) is 0 Å². The summed E-state index contributed by atoms with van der Waals surface area (Å²) in [7, 11) is 0. The number of ether oxygens (including phenoxy) is 1. The van der Waals surface area contributed by atoms with Gasteiger partial charge in [0.05, 0.1) is 23.4 Å². The van der Waals surface area contributed by atoms with Crippen LogP contribution in [0.5, 0.6) is 5.75 Å². The zero-order valence-electron chi connectivity index (χ0n) is 14.4. The van der Waals surface area contributed by atoms with Crippen molar-refractivity contribution in [1.82, 2.24) is 14.8 Å². The fourth-order valence-corrected chi connectivity index (χ4v) is 3.74. The van der Waals surface area contributed by atoms with E-state index in [2.05, 4.69) is 31.0 Å². The van der Waals surface area contributed by atoms with Crippen molar-refractivity contribution in [2.45, 2.75) is 19.4 Å². The van der Waals surface area contributed by atoms with Crippen LogP contribution in [-0.4, -0.2) is 27.1 Å². The average molecular weight is 450 g/mol. The van der Waals surface area contributed by atoms with Gasteiger partial charge < -0.3 is 4.74 Å². The molecule has 0 saturated heterocycles. The summed E-state index contributed by atoms with van der Waals surface area (Å²) in [4.78, 5) is 8.79. The smallest absolute Gasteiger partial charge is 0.248 e. The molecule has 3 aromatic rings. The Hall–Kier alpha value is -2.25. The van der Waals surface area contributed by atoms with E-state index in [1.807, 2.05) is 25.1 Å². The minimum absolute atomic E-state index is 0.296. The molecule has 2 aromatic carbocycles. The Labute approximate surface area is 169 Å². The van der Waals surface area contributed by atoms with Crippen LogP contribution in [0.1, 0.15) is 30.5 Å². The number of aromatic nitrogens is 3. The molecule has 0 saturated carbocycles. The van der Waals surface area contributed by atoms with Crippen molar-refractivity contribution in [3.63, 3.8) is 0 Å². The first-order chi connectivity index (χ1) is 13.1. The first-order valence-electron chi connectivity index (χ1n) is 8.41. The van der Waals surface area contributed by atoms with E-state index < -0.39 is 0 Å². The second kappa shape index (κ2) is 7.40. The molecule has 2 heterocycles. The molecule has 1 aromatic heterocycles. The van der Waals surface area contributed by atoms with Gasteiger partial charge in [-0.1, -0.05) is 27.5 Å². The third kappa shape index (κ3) is 3.49. The molecule has 5 nitrogen and oxygen atoms in total. The molecule has 0 aliphatic carbocycles.